The van der Waals surface area contributed by atoms with E-state index in [1.165, 1.54) is 12.3 Å². The van der Waals surface area contributed by atoms with Gasteiger partial charge in [-0.05, 0) is 18.6 Å². The van der Waals surface area contributed by atoms with Crippen LogP contribution in [0.25, 0.3) is 0 Å². The van der Waals surface area contributed by atoms with Gasteiger partial charge in [0.25, 0.3) is 0 Å². The van der Waals surface area contributed by atoms with Crippen LogP contribution in [0.4, 0.5) is 4.39 Å². The Kier molecular flexibility index (Phi) is 1.67. The summed E-state index contributed by atoms with van der Waals surface area (Å²) in [7, 11) is 0. The lowest BCUT2D eigenvalue weighted by atomic mass is 10.3. The molecule has 1 rings (SSSR count). The summed E-state index contributed by atoms with van der Waals surface area (Å²) < 4.78 is 12.3. The fraction of sp³-hybridized carbons (Fsp3) is 0.167. The van der Waals surface area contributed by atoms with Crippen molar-refractivity contribution in [3.63, 3.8) is 0 Å². The van der Waals surface area contributed by atoms with Crippen molar-refractivity contribution in [3.05, 3.63) is 28.8 Å². The van der Waals surface area contributed by atoms with Crippen molar-refractivity contribution >= 4 is 11.6 Å². The minimum Gasteiger partial charge on any atom is -0.227 e. The average Bonchev–Trinajstić information content (AvgIpc) is 1.80. The van der Waals surface area contributed by atoms with Gasteiger partial charge in [-0.15, -0.1) is 0 Å². The van der Waals surface area contributed by atoms with E-state index < -0.39 is 5.95 Å². The quantitative estimate of drug-likeness (QED) is 0.510. The third-order valence-electron chi connectivity index (χ3n) is 0.933. The first-order chi connectivity index (χ1) is 4.20. The van der Waals surface area contributed by atoms with E-state index in [0.29, 0.717) is 0 Å². The van der Waals surface area contributed by atoms with Crippen molar-refractivity contribution < 1.29 is 4.39 Å². The molecule has 0 aromatic carbocycles. The minimum absolute atomic E-state index is 0.0787. The molecule has 0 aliphatic heterocycles. The van der Waals surface area contributed by atoms with Gasteiger partial charge >= 0.3 is 0 Å². The fourth-order valence-electron chi connectivity index (χ4n) is 0.517. The molecule has 0 radical (unpaired) electrons. The number of hydrogen-bond donors (Lipinski definition) is 0. The molecular formula is C6H5ClFN. The van der Waals surface area contributed by atoms with Crippen LogP contribution in [0.1, 0.15) is 5.56 Å². The van der Waals surface area contributed by atoms with Crippen molar-refractivity contribution in [2.75, 3.05) is 0 Å². The van der Waals surface area contributed by atoms with Crippen LogP contribution in [0.2, 0.25) is 5.02 Å². The number of halogens is 2. The van der Waals surface area contributed by atoms with E-state index in [1.807, 2.05) is 0 Å². The third kappa shape index (κ3) is 1.39. The molecule has 0 atom stereocenters. The normalized spacial score (nSPS) is 9.67. The molecule has 0 bridgehead atoms. The summed E-state index contributed by atoms with van der Waals surface area (Å²) in [5.74, 6) is -0.609. The van der Waals surface area contributed by atoms with E-state index in [0.717, 1.165) is 5.56 Å². The molecule has 0 amide bonds. The van der Waals surface area contributed by atoms with E-state index in [1.54, 1.807) is 6.92 Å². The van der Waals surface area contributed by atoms with E-state index in [2.05, 4.69) is 4.98 Å². The second kappa shape index (κ2) is 2.31. The largest absolute Gasteiger partial charge is 0.231 e. The molecule has 0 N–H and O–H groups in total. The summed E-state index contributed by atoms with van der Waals surface area (Å²) in [5.41, 5.74) is 0.862. The van der Waals surface area contributed by atoms with Gasteiger partial charge in [-0.1, -0.05) is 11.6 Å². The Balaban J connectivity index is 3.17. The van der Waals surface area contributed by atoms with Gasteiger partial charge in [-0.25, -0.2) is 4.98 Å². The van der Waals surface area contributed by atoms with Gasteiger partial charge in [0.15, 0.2) is 0 Å². The maximum atomic E-state index is 12.3. The minimum atomic E-state index is -0.609. The summed E-state index contributed by atoms with van der Waals surface area (Å²) in [4.78, 5) is 3.38. The highest BCUT2D eigenvalue weighted by Gasteiger charge is 1.97. The van der Waals surface area contributed by atoms with Crippen LogP contribution >= 0.6 is 11.6 Å². The molecule has 1 heterocycles. The van der Waals surface area contributed by atoms with Crippen LogP contribution in [0.3, 0.4) is 0 Å². The molecule has 3 heteroatoms. The van der Waals surface area contributed by atoms with Crippen LogP contribution in [0.5, 0.6) is 0 Å². The van der Waals surface area contributed by atoms with Crippen LogP contribution in [-0.2, 0) is 0 Å². The van der Waals surface area contributed by atoms with Crippen molar-refractivity contribution in [2.45, 2.75) is 6.92 Å². The summed E-state index contributed by atoms with van der Waals surface area (Å²) in [6, 6.07) is 1.53. The Hall–Kier alpha value is -0.630. The lowest BCUT2D eigenvalue weighted by Crippen LogP contribution is -1.83. The van der Waals surface area contributed by atoms with Crippen molar-refractivity contribution in [2.24, 2.45) is 0 Å². The summed E-state index contributed by atoms with van der Waals surface area (Å²) >= 11 is 5.38. The Morgan fingerprint density at radius 2 is 2.33 bits per heavy atom. The highest BCUT2D eigenvalue weighted by Crippen LogP contribution is 2.11. The lowest BCUT2D eigenvalue weighted by molar-refractivity contribution is 0.583. The van der Waals surface area contributed by atoms with Gasteiger partial charge in [0, 0.05) is 6.20 Å². The monoisotopic (exact) mass is 145 g/mol. The predicted molar refractivity (Wildman–Crippen MR) is 33.9 cm³/mol. The number of aryl methyl sites for hydroxylation is 1. The van der Waals surface area contributed by atoms with Gasteiger partial charge in [-0.2, -0.15) is 4.39 Å². The molecule has 0 aliphatic carbocycles. The first-order valence-electron chi connectivity index (χ1n) is 2.48. The van der Waals surface area contributed by atoms with E-state index in [-0.39, 0.29) is 5.02 Å². The zero-order valence-corrected chi connectivity index (χ0v) is 5.61. The smallest absolute Gasteiger partial charge is 0.227 e. The predicted octanol–water partition coefficient (Wildman–Crippen LogP) is 2.18. The van der Waals surface area contributed by atoms with Gasteiger partial charge in [-0.3, -0.25) is 0 Å². The third-order valence-corrected chi connectivity index (χ3v) is 1.20. The van der Waals surface area contributed by atoms with Crippen molar-refractivity contribution in [3.8, 4) is 0 Å². The molecule has 0 aliphatic rings. The molecule has 48 valence electrons. The van der Waals surface area contributed by atoms with E-state index >= 15 is 0 Å². The molecule has 0 unspecified atom stereocenters. The first-order valence-corrected chi connectivity index (χ1v) is 2.85. The number of rotatable bonds is 0. The van der Waals surface area contributed by atoms with E-state index in [9.17, 15) is 4.39 Å². The van der Waals surface area contributed by atoms with Gasteiger partial charge in [0.05, 0.1) is 5.02 Å². The van der Waals surface area contributed by atoms with Crippen molar-refractivity contribution in [1.29, 1.82) is 0 Å². The van der Waals surface area contributed by atoms with Crippen LogP contribution in [0, 0.1) is 12.9 Å². The zero-order chi connectivity index (χ0) is 6.85. The maximum absolute atomic E-state index is 12.3. The fourth-order valence-corrected chi connectivity index (χ4v) is 0.738. The molecule has 1 nitrogen and oxygen atoms in total. The summed E-state index contributed by atoms with van der Waals surface area (Å²) in [6.07, 6.45) is 1.43. The van der Waals surface area contributed by atoms with E-state index in [4.69, 9.17) is 11.6 Å². The van der Waals surface area contributed by atoms with Crippen LogP contribution < -0.4 is 0 Å². The number of nitrogens with zero attached hydrogens (tertiary/aromatic N) is 1. The number of pyridine rings is 1. The van der Waals surface area contributed by atoms with Crippen LogP contribution in [0.15, 0.2) is 12.3 Å². The Morgan fingerprint density at radius 3 is 2.78 bits per heavy atom. The van der Waals surface area contributed by atoms with Crippen molar-refractivity contribution in [1.82, 2.24) is 4.98 Å². The highest BCUT2D eigenvalue weighted by atomic mass is 35.5. The average molecular weight is 146 g/mol. The maximum Gasteiger partial charge on any atom is 0.231 e. The molecule has 1 aromatic heterocycles. The van der Waals surface area contributed by atoms with Gasteiger partial charge < -0.3 is 0 Å². The number of hydrogen-bond acceptors (Lipinski definition) is 1. The summed E-state index contributed by atoms with van der Waals surface area (Å²) in [5, 5.41) is 0.0787. The van der Waals surface area contributed by atoms with Crippen LogP contribution in [-0.4, -0.2) is 4.98 Å². The standard InChI is InChI=1S/C6H5ClFN/c1-4-2-5(7)6(8)9-3-4/h2-3H,1H3. The summed E-state index contributed by atoms with van der Waals surface area (Å²) in [6.45, 7) is 1.80. The highest BCUT2D eigenvalue weighted by molar-refractivity contribution is 6.30. The molecule has 0 saturated carbocycles. The zero-order valence-electron chi connectivity index (χ0n) is 4.86. The van der Waals surface area contributed by atoms with Gasteiger partial charge in [0.1, 0.15) is 0 Å². The first kappa shape index (κ1) is 6.49. The molecule has 0 saturated heterocycles. The Morgan fingerprint density at radius 1 is 1.67 bits per heavy atom. The molecule has 0 spiro atoms. The van der Waals surface area contributed by atoms with Gasteiger partial charge in [0.2, 0.25) is 5.95 Å². The lowest BCUT2D eigenvalue weighted by Gasteiger charge is -1.92. The second-order valence-electron chi connectivity index (χ2n) is 1.79. The molecule has 9 heavy (non-hydrogen) atoms. The molecule has 1 aromatic rings. The molecule has 0 fully saturated rings. The number of aromatic nitrogens is 1. The Bertz CT molecular complexity index is 224. The topological polar surface area (TPSA) is 12.9 Å². The molecular weight excluding hydrogens is 141 g/mol. The second-order valence-corrected chi connectivity index (χ2v) is 2.19. The Labute approximate surface area is 57.5 Å². The SMILES string of the molecule is Cc1cnc(F)c(Cl)c1.